The van der Waals surface area contributed by atoms with E-state index in [1.807, 2.05) is 4.68 Å². The van der Waals surface area contributed by atoms with Gasteiger partial charge < -0.3 is 5.73 Å². The van der Waals surface area contributed by atoms with E-state index < -0.39 is 0 Å². The van der Waals surface area contributed by atoms with Crippen molar-refractivity contribution in [3.05, 3.63) is 76.6 Å². The molecule has 0 radical (unpaired) electrons. The van der Waals surface area contributed by atoms with Gasteiger partial charge in [0.1, 0.15) is 0 Å². The highest BCUT2D eigenvalue weighted by Gasteiger charge is 2.33. The normalized spacial score (nSPS) is 13.4. The zero-order valence-electron chi connectivity index (χ0n) is 19.7. The molecule has 0 saturated carbocycles. The second-order valence-corrected chi connectivity index (χ2v) is 10.3. The molecule has 1 aromatic heterocycles. The molecule has 0 spiro atoms. The topological polar surface area (TPSA) is 81.7 Å². The fourth-order valence-corrected chi connectivity index (χ4v) is 4.47. The van der Waals surface area contributed by atoms with Crippen LogP contribution in [0.4, 0.5) is 0 Å². The number of aryl methyl sites for hydroxylation is 1. The Morgan fingerprint density at radius 1 is 1.00 bits per heavy atom. The minimum atomic E-state index is -0.222. The van der Waals surface area contributed by atoms with Gasteiger partial charge in [-0.25, -0.2) is 4.68 Å². The highest BCUT2D eigenvalue weighted by molar-refractivity contribution is 5.30. The summed E-state index contributed by atoms with van der Waals surface area (Å²) in [5.74, 6) is 0.829. The Hall–Kier alpha value is -2.57. The molecule has 0 saturated heterocycles. The predicted octanol–water partition coefficient (Wildman–Crippen LogP) is 4.49. The summed E-state index contributed by atoms with van der Waals surface area (Å²) >= 11 is 0. The van der Waals surface area contributed by atoms with Crippen molar-refractivity contribution >= 4 is 0 Å². The molecule has 0 aliphatic heterocycles. The molecule has 0 aliphatic carbocycles. The molecule has 1 heterocycles. The smallest absolute Gasteiger partial charge is 0.173 e. The molecule has 166 valence electrons. The maximum absolute atomic E-state index is 5.83. The van der Waals surface area contributed by atoms with Gasteiger partial charge in [-0.3, -0.25) is 5.32 Å². The lowest BCUT2D eigenvalue weighted by atomic mass is 9.81. The van der Waals surface area contributed by atoms with Gasteiger partial charge >= 0.3 is 0 Å². The van der Waals surface area contributed by atoms with Crippen molar-refractivity contribution in [3.8, 4) is 0 Å². The predicted molar refractivity (Wildman–Crippen MR) is 125 cm³/mol. The van der Waals surface area contributed by atoms with Crippen molar-refractivity contribution in [2.45, 2.75) is 72.6 Å². The van der Waals surface area contributed by atoms with Gasteiger partial charge in [0.25, 0.3) is 0 Å². The maximum Gasteiger partial charge on any atom is 0.173 e. The number of benzene rings is 2. The van der Waals surface area contributed by atoms with E-state index in [-0.39, 0.29) is 17.0 Å². The van der Waals surface area contributed by atoms with Gasteiger partial charge in [0.15, 0.2) is 5.82 Å². The quantitative estimate of drug-likeness (QED) is 0.561. The van der Waals surface area contributed by atoms with Crippen LogP contribution in [0.1, 0.15) is 75.2 Å². The summed E-state index contributed by atoms with van der Waals surface area (Å²) in [4.78, 5) is 0. The van der Waals surface area contributed by atoms with Crippen LogP contribution in [-0.2, 0) is 18.6 Å². The molecule has 3 aromatic rings. The van der Waals surface area contributed by atoms with Crippen LogP contribution in [0.2, 0.25) is 0 Å². The van der Waals surface area contributed by atoms with Crippen molar-refractivity contribution in [1.82, 2.24) is 25.5 Å². The third-order valence-electron chi connectivity index (χ3n) is 5.40. The third kappa shape index (κ3) is 5.99. The fourth-order valence-electron chi connectivity index (χ4n) is 4.47. The van der Waals surface area contributed by atoms with Crippen molar-refractivity contribution in [3.63, 3.8) is 0 Å². The summed E-state index contributed by atoms with van der Waals surface area (Å²) in [7, 11) is 0. The van der Waals surface area contributed by atoms with Gasteiger partial charge in [0, 0.05) is 13.1 Å². The highest BCUT2D eigenvalue weighted by atomic mass is 15.6. The Morgan fingerprint density at radius 2 is 1.71 bits per heavy atom. The first-order chi connectivity index (χ1) is 14.6. The SMILES string of the molecule is Cc1cccc(C(NCc2cccc(CN)c2)c2nnnn2C(C)(C)CC(C)(C)C)c1. The number of hydrogen-bond donors (Lipinski definition) is 2. The van der Waals surface area contributed by atoms with Crippen LogP contribution in [0, 0.1) is 12.3 Å². The summed E-state index contributed by atoms with van der Waals surface area (Å²) in [5.41, 5.74) is 10.4. The maximum atomic E-state index is 5.83. The van der Waals surface area contributed by atoms with E-state index in [1.165, 1.54) is 11.1 Å². The van der Waals surface area contributed by atoms with E-state index in [2.05, 4.69) is 111 Å². The second-order valence-electron chi connectivity index (χ2n) is 10.3. The van der Waals surface area contributed by atoms with E-state index in [4.69, 9.17) is 5.73 Å². The first-order valence-electron chi connectivity index (χ1n) is 11.0. The molecular formula is C25H36N6. The molecule has 0 amide bonds. The lowest BCUT2D eigenvalue weighted by Gasteiger charge is -2.34. The third-order valence-corrected chi connectivity index (χ3v) is 5.40. The Kier molecular flexibility index (Phi) is 6.92. The van der Waals surface area contributed by atoms with Crippen LogP contribution < -0.4 is 11.1 Å². The highest BCUT2D eigenvalue weighted by Crippen LogP contribution is 2.34. The van der Waals surface area contributed by atoms with E-state index >= 15 is 0 Å². The molecule has 0 bridgehead atoms. The Bertz CT molecular complexity index is 999. The van der Waals surface area contributed by atoms with Crippen LogP contribution in [0.5, 0.6) is 0 Å². The van der Waals surface area contributed by atoms with Gasteiger partial charge in [0.2, 0.25) is 0 Å². The molecule has 2 aromatic carbocycles. The van der Waals surface area contributed by atoms with Crippen molar-refractivity contribution < 1.29 is 0 Å². The van der Waals surface area contributed by atoms with Gasteiger partial charge in [-0.2, -0.15) is 0 Å². The Labute approximate surface area is 186 Å². The molecule has 3 rings (SSSR count). The Morgan fingerprint density at radius 3 is 2.39 bits per heavy atom. The van der Waals surface area contributed by atoms with Gasteiger partial charge in [-0.1, -0.05) is 74.9 Å². The van der Waals surface area contributed by atoms with Crippen LogP contribution in [0.3, 0.4) is 0 Å². The van der Waals surface area contributed by atoms with Gasteiger partial charge in [-0.15, -0.1) is 5.10 Å². The standard InChI is InChI=1S/C25H36N6/c1-18-9-7-12-21(13-18)22(27-16-20-11-8-10-19(14-20)15-26)23-28-29-30-31(23)25(5,6)17-24(2,3)4/h7-14,22,27H,15-17,26H2,1-6H3. The number of nitrogens with zero attached hydrogens (tertiary/aromatic N) is 4. The van der Waals surface area contributed by atoms with Crippen LogP contribution in [0.15, 0.2) is 48.5 Å². The zero-order chi connectivity index (χ0) is 22.6. The number of nitrogens with one attached hydrogen (secondary N) is 1. The van der Waals surface area contributed by atoms with Crippen LogP contribution in [0.25, 0.3) is 0 Å². The van der Waals surface area contributed by atoms with E-state index in [9.17, 15) is 0 Å². The first kappa shape index (κ1) is 23.1. The molecule has 31 heavy (non-hydrogen) atoms. The van der Waals surface area contributed by atoms with Crippen molar-refractivity contribution in [2.24, 2.45) is 11.1 Å². The number of tetrazole rings is 1. The van der Waals surface area contributed by atoms with Gasteiger partial charge in [0.05, 0.1) is 11.6 Å². The molecule has 6 nitrogen and oxygen atoms in total. The summed E-state index contributed by atoms with van der Waals surface area (Å²) in [6.07, 6.45) is 0.955. The zero-order valence-corrected chi connectivity index (χ0v) is 19.7. The minimum absolute atomic E-state index is 0.129. The average molecular weight is 421 g/mol. The van der Waals surface area contributed by atoms with Crippen molar-refractivity contribution in [1.29, 1.82) is 0 Å². The summed E-state index contributed by atoms with van der Waals surface area (Å²) in [6, 6.07) is 16.8. The molecule has 0 aliphatic rings. The molecule has 1 atom stereocenters. The first-order valence-corrected chi connectivity index (χ1v) is 11.0. The molecule has 3 N–H and O–H groups in total. The largest absolute Gasteiger partial charge is 0.326 e. The van der Waals surface area contributed by atoms with Crippen molar-refractivity contribution in [2.75, 3.05) is 0 Å². The van der Waals surface area contributed by atoms with E-state index in [1.54, 1.807) is 0 Å². The number of aromatic nitrogens is 4. The molecular weight excluding hydrogens is 384 g/mol. The van der Waals surface area contributed by atoms with Crippen LogP contribution in [-0.4, -0.2) is 20.2 Å². The Balaban J connectivity index is 1.97. The summed E-state index contributed by atoms with van der Waals surface area (Å²) in [6.45, 7) is 14.5. The van der Waals surface area contributed by atoms with Gasteiger partial charge in [-0.05, 0) is 59.7 Å². The summed E-state index contributed by atoms with van der Waals surface area (Å²) in [5, 5.41) is 16.7. The van der Waals surface area contributed by atoms with E-state index in [0.29, 0.717) is 13.1 Å². The number of rotatable bonds is 8. The lowest BCUT2D eigenvalue weighted by Crippen LogP contribution is -2.36. The lowest BCUT2D eigenvalue weighted by molar-refractivity contribution is 0.188. The molecule has 1 unspecified atom stereocenters. The monoisotopic (exact) mass is 420 g/mol. The van der Waals surface area contributed by atoms with Crippen LogP contribution >= 0.6 is 0 Å². The fraction of sp³-hybridized carbons (Fsp3) is 0.480. The van der Waals surface area contributed by atoms with E-state index in [0.717, 1.165) is 23.4 Å². The average Bonchev–Trinajstić information content (AvgIpc) is 3.17. The number of hydrogen-bond acceptors (Lipinski definition) is 5. The summed E-state index contributed by atoms with van der Waals surface area (Å²) < 4.78 is 1.99. The second kappa shape index (κ2) is 9.28. The molecule has 6 heteroatoms. The minimum Gasteiger partial charge on any atom is -0.326 e. The molecule has 0 fully saturated rings. The number of nitrogens with two attached hydrogens (primary N) is 1.